The standard InChI is InChI=1S/C13H16ClN3S/c1-3-9-6-10-11(15-7(2)8-4-5-8)16-13(14)17-12(10)18-9/h6-8H,3-5H2,1-2H3,(H,15,16,17). The molecule has 1 N–H and O–H groups in total. The van der Waals surface area contributed by atoms with Crippen LogP contribution in [0.5, 0.6) is 0 Å². The first kappa shape index (κ1) is 12.2. The summed E-state index contributed by atoms with van der Waals surface area (Å²) >= 11 is 7.70. The molecular weight excluding hydrogens is 266 g/mol. The molecule has 0 amide bonds. The minimum atomic E-state index is 0.331. The fourth-order valence-corrected chi connectivity index (χ4v) is 3.35. The molecule has 0 bridgehead atoms. The van der Waals surface area contributed by atoms with E-state index in [1.807, 2.05) is 0 Å². The predicted octanol–water partition coefficient (Wildman–Crippen LogP) is 4.12. The Morgan fingerprint density at radius 1 is 1.50 bits per heavy atom. The lowest BCUT2D eigenvalue weighted by Crippen LogP contribution is -2.18. The summed E-state index contributed by atoms with van der Waals surface area (Å²) in [5, 5.41) is 4.93. The summed E-state index contributed by atoms with van der Waals surface area (Å²) in [4.78, 5) is 11.0. The van der Waals surface area contributed by atoms with Crippen LogP contribution in [0.4, 0.5) is 5.82 Å². The molecule has 0 spiro atoms. The highest BCUT2D eigenvalue weighted by Gasteiger charge is 2.28. The number of nitrogens with one attached hydrogen (secondary N) is 1. The van der Waals surface area contributed by atoms with E-state index in [0.717, 1.165) is 28.4 Å². The first-order chi connectivity index (χ1) is 8.67. The van der Waals surface area contributed by atoms with E-state index in [4.69, 9.17) is 11.6 Å². The summed E-state index contributed by atoms with van der Waals surface area (Å²) < 4.78 is 0. The third-order valence-corrected chi connectivity index (χ3v) is 4.80. The van der Waals surface area contributed by atoms with Crippen molar-refractivity contribution in [2.75, 3.05) is 5.32 Å². The quantitative estimate of drug-likeness (QED) is 0.857. The van der Waals surface area contributed by atoms with Crippen molar-refractivity contribution in [3.05, 3.63) is 16.2 Å². The fraction of sp³-hybridized carbons (Fsp3) is 0.538. The molecule has 0 aromatic carbocycles. The average Bonchev–Trinajstić information content (AvgIpc) is 3.09. The highest BCUT2D eigenvalue weighted by molar-refractivity contribution is 7.18. The second-order valence-electron chi connectivity index (χ2n) is 4.90. The van der Waals surface area contributed by atoms with Gasteiger partial charge in [0.15, 0.2) is 0 Å². The number of hydrogen-bond donors (Lipinski definition) is 1. The number of thiophene rings is 1. The molecule has 3 nitrogen and oxygen atoms in total. The van der Waals surface area contributed by atoms with E-state index in [2.05, 4.69) is 35.2 Å². The second kappa shape index (κ2) is 4.67. The van der Waals surface area contributed by atoms with Crippen LogP contribution >= 0.6 is 22.9 Å². The maximum Gasteiger partial charge on any atom is 0.225 e. The van der Waals surface area contributed by atoms with Crippen LogP contribution in [0.15, 0.2) is 6.07 Å². The van der Waals surface area contributed by atoms with Crippen LogP contribution in [0, 0.1) is 5.92 Å². The first-order valence-electron chi connectivity index (χ1n) is 6.40. The minimum Gasteiger partial charge on any atom is -0.367 e. The monoisotopic (exact) mass is 281 g/mol. The van der Waals surface area contributed by atoms with Gasteiger partial charge in [0.25, 0.3) is 0 Å². The number of aromatic nitrogens is 2. The van der Waals surface area contributed by atoms with E-state index in [1.165, 1.54) is 17.7 Å². The van der Waals surface area contributed by atoms with Crippen LogP contribution in [0.3, 0.4) is 0 Å². The Labute approximate surface area is 116 Å². The summed E-state index contributed by atoms with van der Waals surface area (Å²) in [6, 6.07) is 2.64. The average molecular weight is 282 g/mol. The smallest absolute Gasteiger partial charge is 0.225 e. The van der Waals surface area contributed by atoms with Crippen molar-refractivity contribution in [2.24, 2.45) is 5.92 Å². The molecule has 96 valence electrons. The number of aryl methyl sites for hydroxylation is 1. The lowest BCUT2D eigenvalue weighted by molar-refractivity contribution is 0.691. The van der Waals surface area contributed by atoms with Gasteiger partial charge in [-0.1, -0.05) is 6.92 Å². The molecule has 1 fully saturated rings. The minimum absolute atomic E-state index is 0.331. The lowest BCUT2D eigenvalue weighted by Gasteiger charge is -2.14. The fourth-order valence-electron chi connectivity index (χ4n) is 2.16. The van der Waals surface area contributed by atoms with Crippen LogP contribution < -0.4 is 5.32 Å². The van der Waals surface area contributed by atoms with Gasteiger partial charge in [-0.2, -0.15) is 0 Å². The van der Waals surface area contributed by atoms with Crippen LogP contribution in [0.1, 0.15) is 31.6 Å². The molecule has 1 atom stereocenters. The van der Waals surface area contributed by atoms with Crippen LogP contribution in [-0.4, -0.2) is 16.0 Å². The highest BCUT2D eigenvalue weighted by atomic mass is 35.5. The Bertz CT molecular complexity index is 577. The molecule has 2 aromatic rings. The van der Waals surface area contributed by atoms with Crippen LogP contribution in [0.2, 0.25) is 5.28 Å². The third kappa shape index (κ3) is 2.31. The summed E-state index contributed by atoms with van der Waals surface area (Å²) in [5.41, 5.74) is 0. The molecule has 2 aromatic heterocycles. The largest absolute Gasteiger partial charge is 0.367 e. The number of hydrogen-bond acceptors (Lipinski definition) is 4. The Kier molecular flexibility index (Phi) is 3.16. The summed E-state index contributed by atoms with van der Waals surface area (Å²) in [7, 11) is 0. The zero-order valence-electron chi connectivity index (χ0n) is 10.5. The van der Waals surface area contributed by atoms with Crippen molar-refractivity contribution in [3.63, 3.8) is 0 Å². The van der Waals surface area contributed by atoms with E-state index in [9.17, 15) is 0 Å². The Balaban J connectivity index is 1.99. The van der Waals surface area contributed by atoms with E-state index < -0.39 is 0 Å². The number of halogens is 1. The Morgan fingerprint density at radius 3 is 2.94 bits per heavy atom. The number of anilines is 1. The molecule has 2 heterocycles. The zero-order chi connectivity index (χ0) is 12.7. The Hall–Kier alpha value is -0.870. The molecule has 1 aliphatic carbocycles. The third-order valence-electron chi connectivity index (χ3n) is 3.46. The van der Waals surface area contributed by atoms with Crippen molar-refractivity contribution >= 4 is 39.0 Å². The molecule has 0 aliphatic heterocycles. The first-order valence-corrected chi connectivity index (χ1v) is 7.59. The molecule has 0 saturated heterocycles. The topological polar surface area (TPSA) is 37.8 Å². The van der Waals surface area contributed by atoms with E-state index >= 15 is 0 Å². The molecule has 0 radical (unpaired) electrons. The normalized spacial score (nSPS) is 17.1. The van der Waals surface area contributed by atoms with Gasteiger partial charge in [-0.3, -0.25) is 0 Å². The molecule has 1 unspecified atom stereocenters. The highest BCUT2D eigenvalue weighted by Crippen LogP contribution is 2.36. The molecule has 1 saturated carbocycles. The lowest BCUT2D eigenvalue weighted by atomic mass is 10.2. The van der Waals surface area contributed by atoms with Crippen molar-refractivity contribution in [1.82, 2.24) is 9.97 Å². The van der Waals surface area contributed by atoms with Gasteiger partial charge >= 0.3 is 0 Å². The van der Waals surface area contributed by atoms with Gasteiger partial charge in [-0.25, -0.2) is 9.97 Å². The SMILES string of the molecule is CCc1cc2c(NC(C)C3CC3)nc(Cl)nc2s1. The zero-order valence-corrected chi connectivity index (χ0v) is 12.1. The van der Waals surface area contributed by atoms with Gasteiger partial charge in [-0.05, 0) is 49.8 Å². The van der Waals surface area contributed by atoms with Crippen molar-refractivity contribution in [3.8, 4) is 0 Å². The van der Waals surface area contributed by atoms with Gasteiger partial charge in [0.05, 0.1) is 5.39 Å². The van der Waals surface area contributed by atoms with E-state index in [0.29, 0.717) is 11.3 Å². The van der Waals surface area contributed by atoms with Gasteiger partial charge < -0.3 is 5.32 Å². The molecular formula is C13H16ClN3S. The molecule has 5 heteroatoms. The van der Waals surface area contributed by atoms with Crippen molar-refractivity contribution in [1.29, 1.82) is 0 Å². The molecule has 3 rings (SSSR count). The van der Waals surface area contributed by atoms with Crippen LogP contribution in [-0.2, 0) is 6.42 Å². The van der Waals surface area contributed by atoms with Crippen molar-refractivity contribution < 1.29 is 0 Å². The van der Waals surface area contributed by atoms with Gasteiger partial charge in [-0.15, -0.1) is 11.3 Å². The summed E-state index contributed by atoms with van der Waals surface area (Å²) in [6.45, 7) is 4.37. The number of nitrogens with zero attached hydrogens (tertiary/aromatic N) is 2. The van der Waals surface area contributed by atoms with E-state index in [1.54, 1.807) is 11.3 Å². The molecule has 1 aliphatic rings. The summed E-state index contributed by atoms with van der Waals surface area (Å²) in [5.74, 6) is 1.68. The van der Waals surface area contributed by atoms with Gasteiger partial charge in [0, 0.05) is 10.9 Å². The number of rotatable bonds is 4. The van der Waals surface area contributed by atoms with Gasteiger partial charge in [0.2, 0.25) is 5.28 Å². The summed E-state index contributed by atoms with van der Waals surface area (Å²) in [6.07, 6.45) is 3.66. The molecule has 18 heavy (non-hydrogen) atoms. The predicted molar refractivity (Wildman–Crippen MR) is 77.6 cm³/mol. The maximum atomic E-state index is 6.00. The van der Waals surface area contributed by atoms with Crippen LogP contribution in [0.25, 0.3) is 10.2 Å². The van der Waals surface area contributed by atoms with E-state index in [-0.39, 0.29) is 0 Å². The number of fused-ring (bicyclic) bond motifs is 1. The van der Waals surface area contributed by atoms with Crippen molar-refractivity contribution in [2.45, 2.75) is 39.2 Å². The van der Waals surface area contributed by atoms with Gasteiger partial charge in [0.1, 0.15) is 10.6 Å². The Morgan fingerprint density at radius 2 is 2.28 bits per heavy atom. The maximum absolute atomic E-state index is 6.00. The second-order valence-corrected chi connectivity index (χ2v) is 6.35.